The molecule has 1 atom stereocenters. The summed E-state index contributed by atoms with van der Waals surface area (Å²) in [5.41, 5.74) is 6.45. The zero-order chi connectivity index (χ0) is 22.9. The molecule has 2 aromatic carbocycles. The van der Waals surface area contributed by atoms with Crippen molar-refractivity contribution >= 4 is 29.4 Å². The van der Waals surface area contributed by atoms with E-state index < -0.39 is 18.2 Å². The average Bonchev–Trinajstić information content (AvgIpc) is 3.24. The standard InChI is InChI=1S/C20H22ClN7O4/c1-31-16-8-2-13(3-9-16)12-17(18-25-27-28(26-18)10-11-32-19(22)29)24-20(30)23-15-6-4-14(21)5-7-15/h2-9,17H,10-12H2,1H3,(H2,22,29)(H2,23,24,30)/t17-/m0/s1. The van der Waals surface area contributed by atoms with Gasteiger partial charge in [0.15, 0.2) is 5.82 Å². The first kappa shape index (κ1) is 22.8. The molecule has 168 valence electrons. The summed E-state index contributed by atoms with van der Waals surface area (Å²) in [4.78, 5) is 24.6. The SMILES string of the molecule is COc1ccc(C[C@H](NC(=O)Nc2ccc(Cl)cc2)c2nnn(CCOC(N)=O)n2)cc1. The number of hydrogen-bond donors (Lipinski definition) is 3. The van der Waals surface area contributed by atoms with Crippen LogP contribution < -0.4 is 21.1 Å². The first-order valence-electron chi connectivity index (χ1n) is 9.59. The summed E-state index contributed by atoms with van der Waals surface area (Å²) in [7, 11) is 1.59. The van der Waals surface area contributed by atoms with Crippen molar-refractivity contribution in [3.05, 3.63) is 64.9 Å². The molecule has 0 aliphatic rings. The summed E-state index contributed by atoms with van der Waals surface area (Å²) < 4.78 is 9.87. The predicted octanol–water partition coefficient (Wildman–Crippen LogP) is 2.54. The summed E-state index contributed by atoms with van der Waals surface area (Å²) in [6.45, 7) is 0.168. The van der Waals surface area contributed by atoms with Gasteiger partial charge in [-0.05, 0) is 47.2 Å². The molecule has 3 amide bonds. The number of urea groups is 1. The number of rotatable bonds is 9. The summed E-state index contributed by atoms with van der Waals surface area (Å²) in [6, 6.07) is 13.1. The van der Waals surface area contributed by atoms with Gasteiger partial charge in [-0.1, -0.05) is 23.7 Å². The molecular formula is C20H22ClN7O4. The molecule has 0 spiro atoms. The number of nitrogens with zero attached hydrogens (tertiary/aromatic N) is 4. The first-order chi connectivity index (χ1) is 15.4. The molecule has 32 heavy (non-hydrogen) atoms. The third-order valence-corrected chi connectivity index (χ3v) is 4.57. The van der Waals surface area contributed by atoms with E-state index in [9.17, 15) is 9.59 Å². The quantitative estimate of drug-likeness (QED) is 0.445. The lowest BCUT2D eigenvalue weighted by Crippen LogP contribution is -2.34. The maximum absolute atomic E-state index is 12.6. The average molecular weight is 460 g/mol. The molecule has 0 fully saturated rings. The Hall–Kier alpha value is -3.86. The Morgan fingerprint density at radius 3 is 2.53 bits per heavy atom. The monoisotopic (exact) mass is 459 g/mol. The molecule has 0 aliphatic heterocycles. The number of nitrogens with one attached hydrogen (secondary N) is 2. The van der Waals surface area contributed by atoms with Gasteiger partial charge >= 0.3 is 12.1 Å². The van der Waals surface area contributed by atoms with Gasteiger partial charge in [0.05, 0.1) is 19.7 Å². The summed E-state index contributed by atoms with van der Waals surface area (Å²) >= 11 is 5.88. The molecule has 0 saturated heterocycles. The zero-order valence-electron chi connectivity index (χ0n) is 17.2. The molecule has 0 bridgehead atoms. The summed E-state index contributed by atoms with van der Waals surface area (Å²) in [6.07, 6.45) is -0.482. The molecule has 0 aliphatic carbocycles. The Bertz CT molecular complexity index is 1040. The fourth-order valence-electron chi connectivity index (χ4n) is 2.78. The molecule has 0 unspecified atom stereocenters. The van der Waals surface area contributed by atoms with Gasteiger partial charge in [0.25, 0.3) is 0 Å². The smallest absolute Gasteiger partial charge is 0.404 e. The zero-order valence-corrected chi connectivity index (χ0v) is 18.0. The topological polar surface area (TPSA) is 146 Å². The van der Waals surface area contributed by atoms with Gasteiger partial charge in [-0.2, -0.15) is 4.80 Å². The van der Waals surface area contributed by atoms with Crippen molar-refractivity contribution in [3.63, 3.8) is 0 Å². The fourth-order valence-corrected chi connectivity index (χ4v) is 2.91. The van der Waals surface area contributed by atoms with Crippen LogP contribution in [0, 0.1) is 0 Å². The molecule has 0 saturated carbocycles. The van der Waals surface area contributed by atoms with Crippen LogP contribution in [-0.2, 0) is 17.7 Å². The number of tetrazole rings is 1. The molecule has 12 heteroatoms. The van der Waals surface area contributed by atoms with Crippen molar-refractivity contribution in [2.75, 3.05) is 19.0 Å². The highest BCUT2D eigenvalue weighted by molar-refractivity contribution is 6.30. The second kappa shape index (κ2) is 11.0. The van der Waals surface area contributed by atoms with Gasteiger partial charge in [0, 0.05) is 17.1 Å². The van der Waals surface area contributed by atoms with Crippen molar-refractivity contribution in [1.82, 2.24) is 25.5 Å². The fraction of sp³-hybridized carbons (Fsp3) is 0.250. The number of primary amides is 1. The van der Waals surface area contributed by atoms with Crippen LogP contribution in [0.25, 0.3) is 0 Å². The predicted molar refractivity (Wildman–Crippen MR) is 116 cm³/mol. The largest absolute Gasteiger partial charge is 0.497 e. The number of carbonyl (C=O) groups is 2. The summed E-state index contributed by atoms with van der Waals surface area (Å²) in [5, 5.41) is 18.4. The number of carbonyl (C=O) groups excluding carboxylic acids is 2. The molecular weight excluding hydrogens is 438 g/mol. The third-order valence-electron chi connectivity index (χ3n) is 4.32. The van der Waals surface area contributed by atoms with Crippen LogP contribution >= 0.6 is 11.6 Å². The maximum Gasteiger partial charge on any atom is 0.404 e. The lowest BCUT2D eigenvalue weighted by atomic mass is 10.1. The lowest BCUT2D eigenvalue weighted by Gasteiger charge is -2.16. The number of aromatic nitrogens is 4. The maximum atomic E-state index is 12.6. The molecule has 1 heterocycles. The van der Waals surface area contributed by atoms with Crippen LogP contribution in [0.5, 0.6) is 5.75 Å². The second-order valence-electron chi connectivity index (χ2n) is 6.62. The molecule has 4 N–H and O–H groups in total. The van der Waals surface area contributed by atoms with Gasteiger partial charge in [0.1, 0.15) is 12.4 Å². The Labute approximate surface area is 188 Å². The minimum atomic E-state index is -0.886. The van der Waals surface area contributed by atoms with E-state index in [1.807, 2.05) is 24.3 Å². The normalized spacial score (nSPS) is 11.4. The van der Waals surface area contributed by atoms with Crippen LogP contribution in [0.3, 0.4) is 0 Å². The van der Waals surface area contributed by atoms with E-state index in [0.29, 0.717) is 23.0 Å². The van der Waals surface area contributed by atoms with E-state index in [1.165, 1.54) is 4.80 Å². The number of nitrogens with two attached hydrogens (primary N) is 1. The number of ether oxygens (including phenoxy) is 2. The van der Waals surface area contributed by atoms with Gasteiger partial charge in [-0.3, -0.25) is 0 Å². The van der Waals surface area contributed by atoms with Crippen molar-refractivity contribution in [2.24, 2.45) is 5.73 Å². The van der Waals surface area contributed by atoms with E-state index in [2.05, 4.69) is 30.8 Å². The minimum absolute atomic E-state index is 0.00123. The molecule has 11 nitrogen and oxygen atoms in total. The van der Waals surface area contributed by atoms with E-state index in [1.54, 1.807) is 31.4 Å². The van der Waals surface area contributed by atoms with Crippen LogP contribution in [0.1, 0.15) is 17.4 Å². The number of anilines is 1. The van der Waals surface area contributed by atoms with Crippen LogP contribution in [0.2, 0.25) is 5.02 Å². The minimum Gasteiger partial charge on any atom is -0.497 e. The van der Waals surface area contributed by atoms with Gasteiger partial charge < -0.3 is 25.8 Å². The van der Waals surface area contributed by atoms with Crippen molar-refractivity contribution in [2.45, 2.75) is 19.0 Å². The van der Waals surface area contributed by atoms with Gasteiger partial charge in [-0.15, -0.1) is 10.2 Å². The van der Waals surface area contributed by atoms with Crippen molar-refractivity contribution < 1.29 is 19.1 Å². The summed E-state index contributed by atoms with van der Waals surface area (Å²) in [5.74, 6) is 1.02. The third kappa shape index (κ3) is 6.84. The number of benzene rings is 2. The highest BCUT2D eigenvalue weighted by atomic mass is 35.5. The highest BCUT2D eigenvalue weighted by Gasteiger charge is 2.21. The Morgan fingerprint density at radius 1 is 1.16 bits per heavy atom. The van der Waals surface area contributed by atoms with E-state index in [-0.39, 0.29) is 13.2 Å². The van der Waals surface area contributed by atoms with Crippen molar-refractivity contribution in [3.8, 4) is 5.75 Å². The van der Waals surface area contributed by atoms with Crippen LogP contribution in [0.15, 0.2) is 48.5 Å². The molecule has 3 aromatic rings. The highest BCUT2D eigenvalue weighted by Crippen LogP contribution is 2.19. The van der Waals surface area contributed by atoms with Crippen molar-refractivity contribution in [1.29, 1.82) is 0 Å². The second-order valence-corrected chi connectivity index (χ2v) is 7.06. The molecule has 0 radical (unpaired) electrons. The number of amides is 3. The van der Waals surface area contributed by atoms with E-state index >= 15 is 0 Å². The van der Waals surface area contributed by atoms with Crippen LogP contribution in [0.4, 0.5) is 15.3 Å². The van der Waals surface area contributed by atoms with E-state index in [4.69, 9.17) is 22.1 Å². The Balaban J connectivity index is 1.72. The van der Waals surface area contributed by atoms with Gasteiger partial charge in [0.2, 0.25) is 0 Å². The Morgan fingerprint density at radius 2 is 1.88 bits per heavy atom. The number of hydrogen-bond acceptors (Lipinski definition) is 7. The molecule has 3 rings (SSSR count). The number of halogens is 1. The molecule has 1 aromatic heterocycles. The Kier molecular flexibility index (Phi) is 7.81. The van der Waals surface area contributed by atoms with E-state index in [0.717, 1.165) is 11.3 Å². The van der Waals surface area contributed by atoms with Gasteiger partial charge in [-0.25, -0.2) is 9.59 Å². The lowest BCUT2D eigenvalue weighted by molar-refractivity contribution is 0.148. The van der Waals surface area contributed by atoms with Crippen LogP contribution in [-0.4, -0.2) is 46.0 Å². The first-order valence-corrected chi connectivity index (χ1v) is 9.96. The number of methoxy groups -OCH3 is 1.